The van der Waals surface area contributed by atoms with Crippen molar-refractivity contribution in [3.8, 4) is 80.5 Å². The number of hydrogen-bond donors (Lipinski definition) is 6. The Morgan fingerprint density at radius 2 is 0.812 bits per heavy atom. The minimum atomic E-state index is -1.27. The van der Waals surface area contributed by atoms with E-state index >= 15 is 0 Å². The summed E-state index contributed by atoms with van der Waals surface area (Å²) in [7, 11) is 15.6. The average molecular weight is 2030 g/mol. The summed E-state index contributed by atoms with van der Waals surface area (Å²) < 4.78 is 123. The number of pyridine rings is 3. The van der Waals surface area contributed by atoms with Gasteiger partial charge >= 0.3 is 23.9 Å². The number of anilines is 3. The first-order chi connectivity index (χ1) is 64.9. The number of para-hydroxylation sites is 2. The second-order valence-corrected chi connectivity index (χ2v) is 32.9. The van der Waals surface area contributed by atoms with Crippen LogP contribution in [0.25, 0.3) is 32.7 Å². The highest BCUT2D eigenvalue weighted by atomic mass is 32.2. The Bertz CT molecular complexity index is 6110. The van der Waals surface area contributed by atoms with E-state index in [1.807, 2.05) is 79.4 Å². The number of aromatic nitrogens is 3. The number of methoxy groups -OCH3 is 10. The van der Waals surface area contributed by atoms with E-state index in [4.69, 9.17) is 92.4 Å². The second-order valence-electron chi connectivity index (χ2n) is 27.6. The lowest BCUT2D eigenvalue weighted by molar-refractivity contribution is -0.385. The number of nitrogens with zero attached hydrogens (tertiary/aromatic N) is 2. The number of nitro groups is 1. The van der Waals surface area contributed by atoms with Gasteiger partial charge in [-0.25, -0.2) is 37.3 Å². The molecule has 12 aromatic rings. The predicted molar refractivity (Wildman–Crippen MR) is 543 cm³/mol. The second kappa shape index (κ2) is 57.5. The molecule has 0 radical (unpaired) electrons. The monoisotopic (exact) mass is 2020 g/mol. The zero-order valence-corrected chi connectivity index (χ0v) is 82.9. The van der Waals surface area contributed by atoms with Gasteiger partial charge in [-0.2, -0.15) is 0 Å². The van der Waals surface area contributed by atoms with Crippen LogP contribution in [0.15, 0.2) is 233 Å². The molecule has 0 unspecified atom stereocenters. The van der Waals surface area contributed by atoms with Crippen LogP contribution in [-0.2, 0) is 38.1 Å². The maximum Gasteiger partial charge on any atom is 0.351 e. The molecule has 0 aliphatic carbocycles. The number of nitro benzene ring substituents is 1. The topological polar surface area (TPSA) is 422 Å². The van der Waals surface area contributed by atoms with Gasteiger partial charge < -0.3 is 108 Å². The number of thioether (sulfide) groups is 6. The normalized spacial score (nSPS) is 12.0. The van der Waals surface area contributed by atoms with Gasteiger partial charge in [-0.1, -0.05) is 51.3 Å². The molecular weight excluding hydrogens is 1910 g/mol. The third-order valence-electron chi connectivity index (χ3n) is 17.8. The van der Waals surface area contributed by atoms with Crippen LogP contribution in [0.1, 0.15) is 49.5 Å². The number of rotatable bonds is 23. The largest absolute Gasteiger partial charge is 0.493 e. The van der Waals surface area contributed by atoms with Crippen LogP contribution in [0.3, 0.4) is 0 Å². The Kier molecular flexibility index (Phi) is 48.6. The molecule has 3 aromatic heterocycles. The number of nitrogens with one attached hydrogen (secondary N) is 3. The van der Waals surface area contributed by atoms with Crippen molar-refractivity contribution in [1.82, 2.24) is 15.0 Å². The summed E-state index contributed by atoms with van der Waals surface area (Å²) in [6.07, 6.45) is 11.0. The summed E-state index contributed by atoms with van der Waals surface area (Å²) in [6, 6.07) is 51.7. The van der Waals surface area contributed by atoms with Gasteiger partial charge in [0.25, 0.3) is 17.3 Å². The molecule has 2 fully saturated rings. The summed E-state index contributed by atoms with van der Waals surface area (Å²) in [5, 5.41) is 25.2. The SMILES string of the molecule is C.C.CCO.COc1cc2[nH]c(SC)cc(=O)c2cc1OC.COc1cc2[nH]c(SC)cc(=O)c2cc1OC.COc1cc2nc(SC)cc(Oc3ccc(N)cc3F)c2cc1OC.COc1ccc(N)cc1OC.COc1ccc(NC(SC)=C2C(=O)OC(C)(C)OC2=O)cc1OC.CSC(SC)=C1C(=O)OC(C)(C)OC1=O.O=[N+]([O-])c1ccc(F)c(F)c1.c1ccc(Oc2ccccc2)cc1. The zero-order valence-electron chi connectivity index (χ0n) is 78.0. The number of ether oxygens (including phenoxy) is 16. The first-order valence-corrected chi connectivity index (χ1v) is 47.2. The van der Waals surface area contributed by atoms with Gasteiger partial charge in [0.2, 0.25) is 0 Å². The number of aliphatic hydroxyl groups is 1. The third-order valence-corrected chi connectivity index (χ3v) is 22.6. The van der Waals surface area contributed by atoms with Crippen molar-refractivity contribution in [2.75, 3.05) is 132 Å². The van der Waals surface area contributed by atoms with Crippen molar-refractivity contribution in [3.05, 3.63) is 256 Å². The first-order valence-electron chi connectivity index (χ1n) is 39.9. The van der Waals surface area contributed by atoms with Crippen molar-refractivity contribution < 1.29 is 118 Å². The molecule has 41 heteroatoms. The molecule has 8 N–H and O–H groups in total. The predicted octanol–water partition coefficient (Wildman–Crippen LogP) is 21.2. The number of cyclic esters (lactones) is 4. The van der Waals surface area contributed by atoms with Crippen molar-refractivity contribution in [1.29, 1.82) is 0 Å². The molecule has 0 atom stereocenters. The van der Waals surface area contributed by atoms with Gasteiger partial charge in [-0.05, 0) is 129 Å². The number of fused-ring (bicyclic) bond motifs is 3. The quantitative estimate of drug-likeness (QED) is 0.00659. The van der Waals surface area contributed by atoms with Gasteiger partial charge in [0, 0.05) is 128 Å². The van der Waals surface area contributed by atoms with E-state index < -0.39 is 63.5 Å². The number of hydrogen-bond acceptors (Lipinski definition) is 35. The molecule has 32 nitrogen and oxygen atoms in total. The van der Waals surface area contributed by atoms with Crippen molar-refractivity contribution >= 4 is 150 Å². The number of nitrogens with two attached hydrogens (primary N) is 2. The van der Waals surface area contributed by atoms with Gasteiger partial charge in [0.1, 0.15) is 22.3 Å². The lowest BCUT2D eigenvalue weighted by Crippen LogP contribution is -2.42. The number of non-ortho nitro benzene ring substituents is 1. The van der Waals surface area contributed by atoms with Gasteiger partial charge in [-0.3, -0.25) is 19.7 Å². The van der Waals surface area contributed by atoms with Crippen LogP contribution < -0.4 is 84.5 Å². The van der Waals surface area contributed by atoms with Gasteiger partial charge in [0.15, 0.2) is 103 Å². The molecule has 2 aliphatic heterocycles. The maximum atomic E-state index is 14.1. The average Bonchev–Trinajstić information content (AvgIpc) is 0.785. The minimum Gasteiger partial charge on any atom is -0.493 e. The van der Waals surface area contributed by atoms with Gasteiger partial charge in [0.05, 0.1) is 118 Å². The summed E-state index contributed by atoms with van der Waals surface area (Å²) in [5.74, 6) is 0.207. The number of aliphatic hydroxyl groups excluding tert-OH is 1. The molecule has 138 heavy (non-hydrogen) atoms. The molecule has 2 saturated heterocycles. The fourth-order valence-electron chi connectivity index (χ4n) is 11.5. The Labute approximate surface area is 822 Å². The summed E-state index contributed by atoms with van der Waals surface area (Å²) >= 11 is 8.30. The number of aromatic amines is 2. The maximum absolute atomic E-state index is 14.1. The van der Waals surface area contributed by atoms with Crippen LogP contribution in [0.2, 0.25) is 0 Å². The number of halogens is 3. The standard InChI is InChI=1S/C18H17FN2O3S.C16H19NO6S.2C12H13NO3S.C12H10O.C9H12O4S2.C8H11NO2.C6H3F2NO2.C2H6O.2CH4/c1-22-16-7-11-13(8-17(16)23-2)21-18(25-3)9-15(11)24-14-5-4-10(20)6-12(14)19;1-16(2)22-14(18)12(15(19)23-16)13(24-5)17-9-6-7-10(20-3)11(8-9)21-4;2*1-15-10-4-7-8(5-11(10)16-2)13-12(17-3)6-9(7)14;1-3-7-11(8-4-1)13-12-9-5-2-6-10-12;1-9(2)12-6(10)5(7(11)13-9)8(14-3)15-4;1-10-7-4-3-6(9)5-8(7)11-2;7-5-2-1-4(9(10)11)3-6(5)8;1-2-3;;/h4-9H,20H2,1-3H3;6-8,17H,1-5H3;2*4-6H,1-3H3,(H,13,14);1-10H;1-4H3;3-5H,9H2,1-2H3;1-3H;3H,2H2,1H3;2*1H4. The van der Waals surface area contributed by atoms with Crippen LogP contribution in [0, 0.1) is 27.6 Å². The summed E-state index contributed by atoms with van der Waals surface area (Å²) in [6.45, 7) is 7.98. The lowest BCUT2D eigenvalue weighted by Gasteiger charge is -2.30. The Hall–Kier alpha value is -13.6. The number of nitrogen functional groups attached to an aromatic ring is 2. The number of carbonyl (C=O) groups is 4. The van der Waals surface area contributed by atoms with E-state index in [1.165, 1.54) is 125 Å². The summed E-state index contributed by atoms with van der Waals surface area (Å²) in [4.78, 5) is 91.3. The van der Waals surface area contributed by atoms with Crippen molar-refractivity contribution in [3.63, 3.8) is 0 Å². The fraction of sp³-hybridized carbons (Fsp3) is 0.268. The molecular formula is C97H112F3N7O25S6. The molecule has 0 saturated carbocycles. The smallest absolute Gasteiger partial charge is 0.351 e. The van der Waals surface area contributed by atoms with E-state index in [1.54, 1.807) is 180 Å². The Morgan fingerprint density at radius 1 is 0.428 bits per heavy atom. The first kappa shape index (κ1) is 117. The number of esters is 4. The highest BCUT2D eigenvalue weighted by molar-refractivity contribution is 8.21. The van der Waals surface area contributed by atoms with E-state index in [2.05, 4.69) is 20.3 Å². The van der Waals surface area contributed by atoms with Crippen LogP contribution in [0.5, 0.6) is 80.5 Å². The molecule has 0 spiro atoms. The van der Waals surface area contributed by atoms with E-state index in [0.717, 1.165) is 43.7 Å². The number of benzene rings is 9. The number of H-pyrrole nitrogens is 2. The summed E-state index contributed by atoms with van der Waals surface area (Å²) in [5.41, 5.74) is 14.2. The fourth-order valence-corrected chi connectivity index (χ4v) is 14.8. The van der Waals surface area contributed by atoms with E-state index in [9.17, 15) is 52.1 Å². The van der Waals surface area contributed by atoms with Crippen LogP contribution in [-0.4, -0.2) is 176 Å². The highest BCUT2D eigenvalue weighted by Gasteiger charge is 2.42. The van der Waals surface area contributed by atoms with Gasteiger partial charge in [-0.15, -0.1) is 70.6 Å². The highest BCUT2D eigenvalue weighted by Crippen LogP contribution is 2.42. The minimum absolute atomic E-state index is 0. The Balaban J connectivity index is 0.000000332. The van der Waals surface area contributed by atoms with Crippen LogP contribution in [0.4, 0.5) is 35.9 Å². The third kappa shape index (κ3) is 34.0. The molecule has 9 aromatic carbocycles. The van der Waals surface area contributed by atoms with Crippen molar-refractivity contribution in [2.24, 2.45) is 0 Å². The van der Waals surface area contributed by atoms with Crippen molar-refractivity contribution in [2.45, 2.75) is 76.1 Å². The molecule has 0 amide bonds. The lowest BCUT2D eigenvalue weighted by atomic mass is 10.1. The molecule has 0 bridgehead atoms. The van der Waals surface area contributed by atoms with E-state index in [-0.39, 0.29) is 49.2 Å². The van der Waals surface area contributed by atoms with Crippen LogP contribution >= 0.6 is 70.6 Å². The Morgan fingerprint density at radius 3 is 1.20 bits per heavy atom. The zero-order chi connectivity index (χ0) is 101. The van der Waals surface area contributed by atoms with E-state index in [0.29, 0.717) is 123 Å². The number of carbonyl (C=O) groups excluding carboxylic acids is 4. The molecule has 2 aliphatic rings. The molecule has 14 rings (SSSR count). The molecule has 5 heterocycles. The molecule has 742 valence electrons.